The van der Waals surface area contributed by atoms with Gasteiger partial charge >= 0.3 is 0 Å². The number of aryl methyl sites for hydroxylation is 2. The Labute approximate surface area is 140 Å². The minimum absolute atomic E-state index is 0.199. The molecule has 1 N–H and O–H groups in total. The van der Waals surface area contributed by atoms with Crippen LogP contribution in [0.4, 0.5) is 5.13 Å². The number of carbonyl (C=O) groups is 1. The van der Waals surface area contributed by atoms with Gasteiger partial charge in [0.15, 0.2) is 5.13 Å². The van der Waals surface area contributed by atoms with E-state index in [1.807, 2.05) is 18.4 Å². The normalized spacial score (nSPS) is 11.2. The van der Waals surface area contributed by atoms with Gasteiger partial charge in [0.2, 0.25) is 0 Å². The van der Waals surface area contributed by atoms with Crippen molar-refractivity contribution in [3.8, 4) is 0 Å². The first-order valence-electron chi connectivity index (χ1n) is 7.25. The van der Waals surface area contributed by atoms with Gasteiger partial charge in [-0.2, -0.15) is 0 Å². The molecule has 0 saturated carbocycles. The fraction of sp³-hybridized carbons (Fsp3) is 0.125. The summed E-state index contributed by atoms with van der Waals surface area (Å²) in [6.07, 6.45) is 1.66. The molecule has 1 amide bonds. The van der Waals surface area contributed by atoms with Crippen LogP contribution in [0.25, 0.3) is 16.7 Å². The minimum Gasteiger partial charge on any atom is -0.324 e. The maximum Gasteiger partial charge on any atom is 0.274 e. The van der Waals surface area contributed by atoms with E-state index < -0.39 is 0 Å². The van der Waals surface area contributed by atoms with Gasteiger partial charge in [0.1, 0.15) is 17.0 Å². The summed E-state index contributed by atoms with van der Waals surface area (Å²) in [6.45, 7) is 1.86. The Balaban J connectivity index is 1.86. The number of amides is 1. The standard InChI is InChI=1S/C16H13N5O2S/c1-9-8-24-16(17-9)19-14(22)11-7-10-13(20(11)2)18-12-5-3-4-6-21(12)15(10)23/h3-8H,1-2H3,(H,17,19,22). The summed E-state index contributed by atoms with van der Waals surface area (Å²) in [4.78, 5) is 33.8. The summed E-state index contributed by atoms with van der Waals surface area (Å²) in [5, 5.41) is 5.54. The van der Waals surface area contributed by atoms with Crippen LogP contribution in [0, 0.1) is 6.92 Å². The number of fused-ring (bicyclic) bond motifs is 2. The fourth-order valence-electron chi connectivity index (χ4n) is 2.61. The van der Waals surface area contributed by atoms with E-state index in [0.717, 1.165) is 5.69 Å². The SMILES string of the molecule is Cc1csc(NC(=O)c2cc3c(=O)n4ccccc4nc3n2C)n1. The summed E-state index contributed by atoms with van der Waals surface area (Å²) < 4.78 is 3.09. The van der Waals surface area contributed by atoms with Crippen molar-refractivity contribution in [1.29, 1.82) is 0 Å². The van der Waals surface area contributed by atoms with Crippen molar-refractivity contribution >= 4 is 39.1 Å². The highest BCUT2D eigenvalue weighted by atomic mass is 32.1. The van der Waals surface area contributed by atoms with E-state index in [4.69, 9.17) is 0 Å². The molecule has 0 unspecified atom stereocenters. The van der Waals surface area contributed by atoms with E-state index in [-0.39, 0.29) is 11.5 Å². The Kier molecular flexibility index (Phi) is 3.20. The minimum atomic E-state index is -0.321. The largest absolute Gasteiger partial charge is 0.324 e. The summed E-state index contributed by atoms with van der Waals surface area (Å²) in [5.41, 5.74) is 2.03. The van der Waals surface area contributed by atoms with Gasteiger partial charge in [-0.1, -0.05) is 6.07 Å². The highest BCUT2D eigenvalue weighted by Crippen LogP contribution is 2.18. The topological polar surface area (TPSA) is 81.3 Å². The average Bonchev–Trinajstić information content (AvgIpc) is 3.12. The number of nitrogens with one attached hydrogen (secondary N) is 1. The lowest BCUT2D eigenvalue weighted by atomic mass is 10.3. The van der Waals surface area contributed by atoms with E-state index in [0.29, 0.717) is 27.5 Å². The molecule has 120 valence electrons. The molecule has 0 aliphatic carbocycles. The van der Waals surface area contributed by atoms with E-state index >= 15 is 0 Å². The summed E-state index contributed by atoms with van der Waals surface area (Å²) in [7, 11) is 1.72. The molecule has 0 radical (unpaired) electrons. The van der Waals surface area contributed by atoms with Gasteiger partial charge in [0.05, 0.1) is 11.1 Å². The lowest BCUT2D eigenvalue weighted by molar-refractivity contribution is 0.101. The van der Waals surface area contributed by atoms with Gasteiger partial charge in [0.25, 0.3) is 11.5 Å². The molecule has 0 aliphatic rings. The van der Waals surface area contributed by atoms with Gasteiger partial charge in [0, 0.05) is 18.6 Å². The van der Waals surface area contributed by atoms with Crippen LogP contribution in [0.1, 0.15) is 16.2 Å². The Hall–Kier alpha value is -3.00. The number of hydrogen-bond acceptors (Lipinski definition) is 5. The van der Waals surface area contributed by atoms with Crippen LogP contribution >= 0.6 is 11.3 Å². The number of thiazole rings is 1. The number of nitrogens with zero attached hydrogens (tertiary/aromatic N) is 4. The molecule has 0 atom stereocenters. The molecular formula is C16H13N5O2S. The van der Waals surface area contributed by atoms with Gasteiger partial charge in [-0.25, -0.2) is 9.97 Å². The van der Waals surface area contributed by atoms with Crippen LogP contribution in [0.5, 0.6) is 0 Å². The molecule has 0 saturated heterocycles. The number of carbonyl (C=O) groups excluding carboxylic acids is 1. The first-order valence-corrected chi connectivity index (χ1v) is 8.13. The summed E-state index contributed by atoms with van der Waals surface area (Å²) in [5.74, 6) is -0.321. The average molecular weight is 339 g/mol. The van der Waals surface area contributed by atoms with Crippen LogP contribution in [-0.2, 0) is 7.05 Å². The monoisotopic (exact) mass is 339 g/mol. The van der Waals surface area contributed by atoms with Crippen molar-refractivity contribution in [3.63, 3.8) is 0 Å². The molecule has 24 heavy (non-hydrogen) atoms. The van der Waals surface area contributed by atoms with Gasteiger partial charge in [-0.3, -0.25) is 19.3 Å². The van der Waals surface area contributed by atoms with Gasteiger partial charge in [-0.05, 0) is 25.1 Å². The lowest BCUT2D eigenvalue weighted by Crippen LogP contribution is -2.16. The summed E-state index contributed by atoms with van der Waals surface area (Å²) >= 11 is 1.36. The Morgan fingerprint density at radius 3 is 2.88 bits per heavy atom. The molecule has 4 heterocycles. The van der Waals surface area contributed by atoms with Crippen LogP contribution in [0.2, 0.25) is 0 Å². The molecule has 0 aliphatic heterocycles. The predicted molar refractivity (Wildman–Crippen MR) is 92.7 cm³/mol. The first-order chi connectivity index (χ1) is 11.5. The first kappa shape index (κ1) is 14.6. The smallest absolute Gasteiger partial charge is 0.274 e. The molecule has 0 spiro atoms. The Morgan fingerprint density at radius 2 is 2.12 bits per heavy atom. The van der Waals surface area contributed by atoms with E-state index in [1.165, 1.54) is 15.7 Å². The van der Waals surface area contributed by atoms with Crippen molar-refractivity contribution in [1.82, 2.24) is 18.9 Å². The summed E-state index contributed by atoms with van der Waals surface area (Å²) in [6, 6.07) is 6.91. The fourth-order valence-corrected chi connectivity index (χ4v) is 3.29. The van der Waals surface area contributed by atoms with Crippen molar-refractivity contribution in [2.75, 3.05) is 5.32 Å². The molecule has 0 aromatic carbocycles. The van der Waals surface area contributed by atoms with Crippen molar-refractivity contribution < 1.29 is 4.79 Å². The van der Waals surface area contributed by atoms with Crippen LogP contribution < -0.4 is 10.9 Å². The molecule has 7 nitrogen and oxygen atoms in total. The molecular weight excluding hydrogens is 326 g/mol. The van der Waals surface area contributed by atoms with Gasteiger partial charge < -0.3 is 4.57 Å². The van der Waals surface area contributed by atoms with E-state index in [1.54, 1.807) is 36.0 Å². The van der Waals surface area contributed by atoms with Crippen LogP contribution in [-0.4, -0.2) is 24.8 Å². The molecule has 4 aromatic heterocycles. The molecule has 0 bridgehead atoms. The third-order valence-corrected chi connectivity index (χ3v) is 4.66. The number of anilines is 1. The molecule has 4 aromatic rings. The van der Waals surface area contributed by atoms with Gasteiger partial charge in [-0.15, -0.1) is 11.3 Å². The number of pyridine rings is 1. The van der Waals surface area contributed by atoms with E-state index in [2.05, 4.69) is 15.3 Å². The molecule has 8 heteroatoms. The quantitative estimate of drug-likeness (QED) is 0.607. The number of rotatable bonds is 2. The maximum absolute atomic E-state index is 12.6. The zero-order valence-electron chi connectivity index (χ0n) is 13.0. The third kappa shape index (κ3) is 2.19. The van der Waals surface area contributed by atoms with Crippen molar-refractivity contribution in [2.24, 2.45) is 7.05 Å². The lowest BCUT2D eigenvalue weighted by Gasteiger charge is -2.04. The zero-order valence-corrected chi connectivity index (χ0v) is 13.8. The Bertz CT molecular complexity index is 1150. The zero-order chi connectivity index (χ0) is 16.8. The molecule has 0 fully saturated rings. The second-order valence-electron chi connectivity index (χ2n) is 5.42. The van der Waals surface area contributed by atoms with Crippen LogP contribution in [0.3, 0.4) is 0 Å². The number of aromatic nitrogens is 4. The third-order valence-electron chi connectivity index (χ3n) is 3.78. The van der Waals surface area contributed by atoms with E-state index in [9.17, 15) is 9.59 Å². The number of hydrogen-bond donors (Lipinski definition) is 1. The second-order valence-corrected chi connectivity index (χ2v) is 6.28. The maximum atomic E-state index is 12.6. The second kappa shape index (κ2) is 5.27. The van der Waals surface area contributed by atoms with Crippen molar-refractivity contribution in [3.05, 3.63) is 57.6 Å². The van der Waals surface area contributed by atoms with Crippen LogP contribution in [0.15, 0.2) is 40.6 Å². The van der Waals surface area contributed by atoms with Crippen molar-refractivity contribution in [2.45, 2.75) is 6.92 Å². The highest BCUT2D eigenvalue weighted by molar-refractivity contribution is 7.13. The highest BCUT2D eigenvalue weighted by Gasteiger charge is 2.18. The predicted octanol–water partition coefficient (Wildman–Crippen LogP) is 2.20. The Morgan fingerprint density at radius 1 is 1.29 bits per heavy atom. The molecule has 4 rings (SSSR count).